The van der Waals surface area contributed by atoms with E-state index in [2.05, 4.69) is 32.7 Å². The van der Waals surface area contributed by atoms with E-state index >= 15 is 0 Å². The highest BCUT2D eigenvalue weighted by atomic mass is 127. The van der Waals surface area contributed by atoms with Crippen molar-refractivity contribution in [1.82, 2.24) is 14.8 Å². The number of carbonyl (C=O) groups is 1. The molecule has 0 saturated heterocycles. The average molecular weight is 314 g/mol. The first kappa shape index (κ1) is 10.1. The molecular weight excluding hydrogens is 307 g/mol. The molecular formula is C9H7IN4O. The predicted molar refractivity (Wildman–Crippen MR) is 62.6 cm³/mol. The second-order valence-corrected chi connectivity index (χ2v) is 4.09. The number of nitrogens with zero attached hydrogens (tertiary/aromatic N) is 3. The van der Waals surface area contributed by atoms with Crippen molar-refractivity contribution >= 4 is 28.5 Å². The third-order valence-corrected chi connectivity index (χ3v) is 2.45. The van der Waals surface area contributed by atoms with Crippen LogP contribution < -0.4 is 5.73 Å². The Morgan fingerprint density at radius 3 is 2.87 bits per heavy atom. The van der Waals surface area contributed by atoms with Crippen molar-refractivity contribution in [3.05, 3.63) is 39.9 Å². The van der Waals surface area contributed by atoms with Gasteiger partial charge in [0.25, 0.3) is 5.91 Å². The van der Waals surface area contributed by atoms with E-state index < -0.39 is 5.91 Å². The Kier molecular flexibility index (Phi) is 2.67. The normalized spacial score (nSPS) is 10.2. The smallest absolute Gasteiger partial charge is 0.269 e. The van der Waals surface area contributed by atoms with Gasteiger partial charge in [-0.3, -0.25) is 4.79 Å². The van der Waals surface area contributed by atoms with Gasteiger partial charge in [-0.1, -0.05) is 0 Å². The molecule has 1 amide bonds. The number of amides is 1. The summed E-state index contributed by atoms with van der Waals surface area (Å²) in [5.41, 5.74) is 5.33. The van der Waals surface area contributed by atoms with E-state index in [1.165, 1.54) is 4.68 Å². The fourth-order valence-electron chi connectivity index (χ4n) is 1.10. The molecule has 15 heavy (non-hydrogen) atoms. The fraction of sp³-hybridized carbons (Fsp3) is 0. The number of aromatic nitrogens is 3. The van der Waals surface area contributed by atoms with Crippen molar-refractivity contribution < 1.29 is 4.79 Å². The van der Waals surface area contributed by atoms with Gasteiger partial charge in [-0.05, 0) is 40.8 Å². The molecule has 2 aromatic rings. The van der Waals surface area contributed by atoms with Gasteiger partial charge in [0.15, 0.2) is 5.82 Å². The lowest BCUT2D eigenvalue weighted by molar-refractivity contribution is 0.0995. The minimum atomic E-state index is -0.542. The molecule has 0 fully saturated rings. The van der Waals surface area contributed by atoms with Crippen molar-refractivity contribution in [1.29, 1.82) is 0 Å². The summed E-state index contributed by atoms with van der Waals surface area (Å²) in [4.78, 5) is 15.0. The molecule has 0 aliphatic carbocycles. The van der Waals surface area contributed by atoms with Crippen molar-refractivity contribution in [2.24, 2.45) is 5.73 Å². The molecule has 0 aliphatic heterocycles. The topological polar surface area (TPSA) is 73.8 Å². The van der Waals surface area contributed by atoms with E-state index in [1.807, 2.05) is 12.1 Å². The van der Waals surface area contributed by atoms with Crippen LogP contribution in [0.25, 0.3) is 5.82 Å². The molecule has 0 saturated carbocycles. The van der Waals surface area contributed by atoms with Crippen LogP contribution in [0.5, 0.6) is 0 Å². The summed E-state index contributed by atoms with van der Waals surface area (Å²) in [6.45, 7) is 0. The first-order valence-electron chi connectivity index (χ1n) is 4.14. The van der Waals surface area contributed by atoms with Gasteiger partial charge < -0.3 is 5.73 Å². The number of carbonyl (C=O) groups excluding carboxylic acids is 1. The third-order valence-electron chi connectivity index (χ3n) is 1.78. The summed E-state index contributed by atoms with van der Waals surface area (Å²) in [5.74, 6) is 0.119. The van der Waals surface area contributed by atoms with Crippen LogP contribution in [0.2, 0.25) is 0 Å². The second kappa shape index (κ2) is 3.97. The number of hydrogen-bond acceptors (Lipinski definition) is 3. The Labute approximate surface area is 99.4 Å². The van der Waals surface area contributed by atoms with Crippen LogP contribution >= 0.6 is 22.6 Å². The molecule has 2 rings (SSSR count). The molecule has 0 radical (unpaired) electrons. The van der Waals surface area contributed by atoms with Crippen LogP contribution in [0.4, 0.5) is 0 Å². The summed E-state index contributed by atoms with van der Waals surface area (Å²) in [5, 5.41) is 4.00. The van der Waals surface area contributed by atoms with Crippen LogP contribution in [0, 0.1) is 3.57 Å². The van der Waals surface area contributed by atoms with Gasteiger partial charge in [-0.15, -0.1) is 0 Å². The lowest BCUT2D eigenvalue weighted by Gasteiger charge is -1.99. The monoisotopic (exact) mass is 314 g/mol. The summed E-state index contributed by atoms with van der Waals surface area (Å²) in [6, 6.07) is 5.30. The summed E-state index contributed by atoms with van der Waals surface area (Å²) < 4.78 is 2.57. The number of hydrogen-bond donors (Lipinski definition) is 1. The molecule has 0 spiro atoms. The van der Waals surface area contributed by atoms with E-state index in [1.54, 1.807) is 18.5 Å². The predicted octanol–water partition coefficient (Wildman–Crippen LogP) is 0.971. The largest absolute Gasteiger partial charge is 0.364 e. The fourth-order valence-corrected chi connectivity index (χ4v) is 1.54. The van der Waals surface area contributed by atoms with Gasteiger partial charge in [0.05, 0.1) is 0 Å². The highest BCUT2D eigenvalue weighted by Crippen LogP contribution is 2.09. The van der Waals surface area contributed by atoms with E-state index in [-0.39, 0.29) is 5.69 Å². The number of rotatable bonds is 2. The molecule has 0 unspecified atom stereocenters. The lowest BCUT2D eigenvalue weighted by Crippen LogP contribution is -2.12. The average Bonchev–Trinajstić information content (AvgIpc) is 2.66. The SMILES string of the molecule is NC(=O)c1ccn(-c2cc(I)ccn2)n1. The van der Waals surface area contributed by atoms with Gasteiger partial charge in [0.1, 0.15) is 5.69 Å². The van der Waals surface area contributed by atoms with Gasteiger partial charge in [-0.25, -0.2) is 9.67 Å². The zero-order valence-electron chi connectivity index (χ0n) is 7.59. The standard InChI is InChI=1S/C9H7IN4O/c10-6-1-3-12-8(5-6)14-4-2-7(13-14)9(11)15/h1-5H,(H2,11,15). The molecule has 0 atom stereocenters. The van der Waals surface area contributed by atoms with Crippen LogP contribution in [0.15, 0.2) is 30.6 Å². The number of primary amides is 1. The Bertz CT molecular complexity index is 508. The van der Waals surface area contributed by atoms with Crippen molar-refractivity contribution in [2.75, 3.05) is 0 Å². The Morgan fingerprint density at radius 1 is 1.47 bits per heavy atom. The molecule has 6 heteroatoms. The van der Waals surface area contributed by atoms with E-state index in [0.29, 0.717) is 5.82 Å². The van der Waals surface area contributed by atoms with Crippen molar-refractivity contribution in [2.45, 2.75) is 0 Å². The molecule has 0 bridgehead atoms. The molecule has 2 aromatic heterocycles. The van der Waals surface area contributed by atoms with E-state index in [4.69, 9.17) is 5.73 Å². The van der Waals surface area contributed by atoms with Gasteiger partial charge >= 0.3 is 0 Å². The van der Waals surface area contributed by atoms with Crippen molar-refractivity contribution in [3.63, 3.8) is 0 Å². The minimum Gasteiger partial charge on any atom is -0.364 e. The maximum Gasteiger partial charge on any atom is 0.269 e. The maximum absolute atomic E-state index is 10.8. The Balaban J connectivity index is 2.41. The Hall–Kier alpha value is -1.44. The molecule has 2 N–H and O–H groups in total. The molecule has 0 aliphatic rings. The zero-order chi connectivity index (χ0) is 10.8. The highest BCUT2D eigenvalue weighted by Gasteiger charge is 2.06. The van der Waals surface area contributed by atoms with Crippen LogP contribution in [-0.4, -0.2) is 20.7 Å². The number of nitrogens with two attached hydrogens (primary N) is 1. The molecule has 2 heterocycles. The van der Waals surface area contributed by atoms with E-state index in [9.17, 15) is 4.79 Å². The highest BCUT2D eigenvalue weighted by molar-refractivity contribution is 14.1. The molecule has 76 valence electrons. The zero-order valence-corrected chi connectivity index (χ0v) is 9.75. The molecule has 0 aromatic carbocycles. The minimum absolute atomic E-state index is 0.232. The van der Waals surface area contributed by atoms with Crippen LogP contribution in [0.3, 0.4) is 0 Å². The van der Waals surface area contributed by atoms with E-state index in [0.717, 1.165) is 3.57 Å². The maximum atomic E-state index is 10.8. The summed E-state index contributed by atoms with van der Waals surface area (Å²) in [6.07, 6.45) is 3.33. The summed E-state index contributed by atoms with van der Waals surface area (Å²) in [7, 11) is 0. The quantitative estimate of drug-likeness (QED) is 0.840. The third kappa shape index (κ3) is 2.14. The Morgan fingerprint density at radius 2 is 2.27 bits per heavy atom. The van der Waals surface area contributed by atoms with Crippen LogP contribution in [0.1, 0.15) is 10.5 Å². The first-order valence-corrected chi connectivity index (χ1v) is 5.22. The first-order chi connectivity index (χ1) is 7.16. The summed E-state index contributed by atoms with van der Waals surface area (Å²) >= 11 is 2.18. The second-order valence-electron chi connectivity index (χ2n) is 2.84. The van der Waals surface area contributed by atoms with Crippen LogP contribution in [-0.2, 0) is 0 Å². The number of halogens is 1. The lowest BCUT2D eigenvalue weighted by atomic mass is 10.4. The van der Waals surface area contributed by atoms with Gasteiger partial charge in [-0.2, -0.15) is 5.10 Å². The van der Waals surface area contributed by atoms with Crippen molar-refractivity contribution in [3.8, 4) is 5.82 Å². The molecule has 5 nitrogen and oxygen atoms in total. The van der Waals surface area contributed by atoms with Gasteiger partial charge in [0, 0.05) is 16.0 Å². The number of pyridine rings is 1. The van der Waals surface area contributed by atoms with Gasteiger partial charge in [0.2, 0.25) is 0 Å².